The fourth-order valence-electron chi connectivity index (χ4n) is 2.66. The Kier molecular flexibility index (Phi) is 5.37. The maximum Gasteiger partial charge on any atom is 0.271 e. The van der Waals surface area contributed by atoms with E-state index in [1.54, 1.807) is 18.0 Å². The molecule has 2 rings (SSSR count). The number of nitro groups is 1. The molecule has 0 aliphatic heterocycles. The van der Waals surface area contributed by atoms with Crippen LogP contribution in [-0.2, 0) is 0 Å². The lowest BCUT2D eigenvalue weighted by Gasteiger charge is -2.35. The number of carbonyl (C=O) groups excluding carboxylic acids is 1. The zero-order valence-corrected chi connectivity index (χ0v) is 14.8. The number of alkyl halides is 1. The lowest BCUT2D eigenvalue weighted by molar-refractivity contribution is -0.385. The molecular formula is C14H16Br2N2O3. The van der Waals surface area contributed by atoms with E-state index in [2.05, 4.69) is 31.9 Å². The fourth-order valence-corrected chi connectivity index (χ4v) is 4.08. The number of rotatable bonds is 3. The smallest absolute Gasteiger partial charge is 0.271 e. The number of nitro benzene ring substituents is 1. The molecule has 0 bridgehead atoms. The number of benzene rings is 1. The largest absolute Gasteiger partial charge is 0.338 e. The first-order valence-corrected chi connectivity index (χ1v) is 8.47. The fraction of sp³-hybridized carbons (Fsp3) is 0.500. The monoisotopic (exact) mass is 418 g/mol. The summed E-state index contributed by atoms with van der Waals surface area (Å²) in [5, 5.41) is 10.9. The first kappa shape index (κ1) is 16.4. The van der Waals surface area contributed by atoms with Gasteiger partial charge in [-0.2, -0.15) is 0 Å². The van der Waals surface area contributed by atoms with Gasteiger partial charge in [0.05, 0.1) is 4.92 Å². The van der Waals surface area contributed by atoms with Gasteiger partial charge in [-0.3, -0.25) is 14.9 Å². The summed E-state index contributed by atoms with van der Waals surface area (Å²) in [6.45, 7) is 0. The van der Waals surface area contributed by atoms with E-state index in [0.717, 1.165) is 25.7 Å². The average Bonchev–Trinajstić information content (AvgIpc) is 2.45. The van der Waals surface area contributed by atoms with E-state index in [1.807, 2.05) is 0 Å². The SMILES string of the molecule is CN(C(=O)c1cc(Br)cc([N+](=O)[O-])c1)C1CCCCC1Br. The number of carbonyl (C=O) groups is 1. The molecule has 1 aromatic rings. The van der Waals surface area contributed by atoms with Crippen LogP contribution >= 0.6 is 31.9 Å². The predicted octanol–water partition coefficient (Wildman–Crippen LogP) is 4.14. The Hall–Kier alpha value is -0.950. The van der Waals surface area contributed by atoms with Crippen LogP contribution in [0.25, 0.3) is 0 Å². The van der Waals surface area contributed by atoms with E-state index >= 15 is 0 Å². The highest BCUT2D eigenvalue weighted by Gasteiger charge is 2.30. The van der Waals surface area contributed by atoms with E-state index in [-0.39, 0.29) is 22.5 Å². The number of hydrogen-bond donors (Lipinski definition) is 0. The molecule has 0 N–H and O–H groups in total. The zero-order valence-electron chi connectivity index (χ0n) is 11.6. The molecule has 0 aromatic heterocycles. The Bertz CT molecular complexity index is 565. The van der Waals surface area contributed by atoms with Crippen LogP contribution in [0.2, 0.25) is 0 Å². The van der Waals surface area contributed by atoms with Gasteiger partial charge in [-0.05, 0) is 18.9 Å². The molecular weight excluding hydrogens is 404 g/mol. The summed E-state index contributed by atoms with van der Waals surface area (Å²) in [7, 11) is 1.76. The Balaban J connectivity index is 2.24. The summed E-state index contributed by atoms with van der Waals surface area (Å²) < 4.78 is 0.535. The highest BCUT2D eigenvalue weighted by atomic mass is 79.9. The van der Waals surface area contributed by atoms with Gasteiger partial charge in [-0.1, -0.05) is 44.7 Å². The molecule has 2 unspecified atom stereocenters. The number of hydrogen-bond acceptors (Lipinski definition) is 3. The minimum Gasteiger partial charge on any atom is -0.338 e. The highest BCUT2D eigenvalue weighted by molar-refractivity contribution is 9.10. The van der Waals surface area contributed by atoms with Crippen molar-refractivity contribution in [3.8, 4) is 0 Å². The quantitative estimate of drug-likeness (QED) is 0.420. The Morgan fingerprint density at radius 2 is 2.00 bits per heavy atom. The van der Waals surface area contributed by atoms with Crippen molar-refractivity contribution in [1.82, 2.24) is 4.90 Å². The number of nitrogens with zero attached hydrogens (tertiary/aromatic N) is 2. The normalized spacial score (nSPS) is 21.9. The highest BCUT2D eigenvalue weighted by Crippen LogP contribution is 2.29. The maximum atomic E-state index is 12.6. The Morgan fingerprint density at radius 3 is 2.62 bits per heavy atom. The van der Waals surface area contributed by atoms with Crippen LogP contribution in [0, 0.1) is 10.1 Å². The minimum atomic E-state index is -0.491. The molecule has 0 heterocycles. The topological polar surface area (TPSA) is 63.5 Å². The molecule has 1 saturated carbocycles. The van der Waals surface area contributed by atoms with Crippen molar-refractivity contribution in [3.05, 3.63) is 38.3 Å². The standard InChI is InChI=1S/C14H16Br2N2O3/c1-17(13-5-3-2-4-12(13)16)14(19)9-6-10(15)8-11(7-9)18(20)21/h6-8,12-13H,2-5H2,1H3. The van der Waals surface area contributed by atoms with Crippen molar-refractivity contribution in [1.29, 1.82) is 0 Å². The van der Waals surface area contributed by atoms with Crippen molar-refractivity contribution in [2.24, 2.45) is 0 Å². The maximum absolute atomic E-state index is 12.6. The third-order valence-corrected chi connectivity index (χ3v) is 5.33. The molecule has 1 fully saturated rings. The third kappa shape index (κ3) is 3.83. The van der Waals surface area contributed by atoms with E-state index in [1.165, 1.54) is 12.1 Å². The van der Waals surface area contributed by atoms with Crippen molar-refractivity contribution in [3.63, 3.8) is 0 Å². The van der Waals surface area contributed by atoms with Gasteiger partial charge >= 0.3 is 0 Å². The predicted molar refractivity (Wildman–Crippen MR) is 87.9 cm³/mol. The van der Waals surface area contributed by atoms with Crippen LogP contribution in [0.15, 0.2) is 22.7 Å². The molecule has 0 saturated heterocycles. The number of amides is 1. The third-order valence-electron chi connectivity index (χ3n) is 3.81. The van der Waals surface area contributed by atoms with Gasteiger partial charge in [0.25, 0.3) is 11.6 Å². The average molecular weight is 420 g/mol. The van der Waals surface area contributed by atoms with Gasteiger partial charge in [0.2, 0.25) is 0 Å². The van der Waals surface area contributed by atoms with Gasteiger partial charge in [-0.15, -0.1) is 0 Å². The number of halogens is 2. The molecule has 21 heavy (non-hydrogen) atoms. The van der Waals surface area contributed by atoms with Crippen LogP contribution in [0.1, 0.15) is 36.0 Å². The van der Waals surface area contributed by atoms with E-state index in [9.17, 15) is 14.9 Å². The van der Waals surface area contributed by atoms with Crippen molar-refractivity contribution >= 4 is 43.5 Å². The van der Waals surface area contributed by atoms with Gasteiger partial charge in [-0.25, -0.2) is 0 Å². The van der Waals surface area contributed by atoms with Gasteiger partial charge in [0.1, 0.15) is 0 Å². The zero-order chi connectivity index (χ0) is 15.6. The molecule has 2 atom stereocenters. The van der Waals surface area contributed by atoms with Crippen LogP contribution < -0.4 is 0 Å². The second-order valence-corrected chi connectivity index (χ2v) is 7.33. The molecule has 5 nitrogen and oxygen atoms in total. The Labute approximate surface area is 140 Å². The lowest BCUT2D eigenvalue weighted by Crippen LogP contribution is -2.44. The van der Waals surface area contributed by atoms with E-state index in [0.29, 0.717) is 10.0 Å². The summed E-state index contributed by atoms with van der Waals surface area (Å²) in [6.07, 6.45) is 4.26. The molecule has 1 aliphatic carbocycles. The second kappa shape index (κ2) is 6.87. The summed E-state index contributed by atoms with van der Waals surface area (Å²) in [6, 6.07) is 4.47. The minimum absolute atomic E-state index is 0.0832. The Morgan fingerprint density at radius 1 is 1.33 bits per heavy atom. The van der Waals surface area contributed by atoms with E-state index < -0.39 is 4.92 Å². The first-order chi connectivity index (χ1) is 9.90. The van der Waals surface area contributed by atoms with Crippen LogP contribution in [0.4, 0.5) is 5.69 Å². The van der Waals surface area contributed by atoms with Crippen LogP contribution in [0.5, 0.6) is 0 Å². The molecule has 1 aliphatic rings. The molecule has 0 radical (unpaired) electrons. The second-order valence-electron chi connectivity index (χ2n) is 5.24. The first-order valence-electron chi connectivity index (χ1n) is 6.76. The van der Waals surface area contributed by atoms with Crippen molar-refractivity contribution in [2.45, 2.75) is 36.6 Å². The van der Waals surface area contributed by atoms with Gasteiger partial charge in [0, 0.05) is 40.1 Å². The molecule has 7 heteroatoms. The van der Waals surface area contributed by atoms with Crippen molar-refractivity contribution in [2.75, 3.05) is 7.05 Å². The van der Waals surface area contributed by atoms with Crippen molar-refractivity contribution < 1.29 is 9.72 Å². The molecule has 1 aromatic carbocycles. The van der Waals surface area contributed by atoms with Gasteiger partial charge < -0.3 is 4.90 Å². The summed E-state index contributed by atoms with van der Waals surface area (Å²) in [5.41, 5.74) is 0.254. The number of non-ortho nitro benzene ring substituents is 1. The lowest BCUT2D eigenvalue weighted by atomic mass is 9.94. The molecule has 1 amide bonds. The van der Waals surface area contributed by atoms with Gasteiger partial charge in [0.15, 0.2) is 0 Å². The molecule has 0 spiro atoms. The van der Waals surface area contributed by atoms with E-state index in [4.69, 9.17) is 0 Å². The molecule has 114 valence electrons. The summed E-state index contributed by atoms with van der Waals surface area (Å²) in [4.78, 5) is 25.0. The summed E-state index contributed by atoms with van der Waals surface area (Å²) in [5.74, 6) is -0.184. The van der Waals surface area contributed by atoms with Crippen LogP contribution in [-0.4, -0.2) is 33.6 Å². The summed E-state index contributed by atoms with van der Waals surface area (Å²) >= 11 is 6.86. The van der Waals surface area contributed by atoms with Crippen LogP contribution in [0.3, 0.4) is 0 Å².